The summed E-state index contributed by atoms with van der Waals surface area (Å²) in [6, 6.07) is 0.666. The van der Waals surface area contributed by atoms with E-state index in [0.717, 1.165) is 28.4 Å². The highest BCUT2D eigenvalue weighted by Crippen LogP contribution is 2.29. The van der Waals surface area contributed by atoms with Crippen LogP contribution in [0.2, 0.25) is 0 Å². The minimum atomic E-state index is 0.666. The Morgan fingerprint density at radius 2 is 2.38 bits per heavy atom. The molecule has 0 spiro atoms. The van der Waals surface area contributed by atoms with Gasteiger partial charge in [-0.15, -0.1) is 0 Å². The summed E-state index contributed by atoms with van der Waals surface area (Å²) in [5.74, 6) is 1.91. The summed E-state index contributed by atoms with van der Waals surface area (Å²) in [7, 11) is 0. The Morgan fingerprint density at radius 3 is 3.19 bits per heavy atom. The van der Waals surface area contributed by atoms with E-state index in [-0.39, 0.29) is 0 Å². The predicted octanol–water partition coefficient (Wildman–Crippen LogP) is 1.27. The lowest BCUT2D eigenvalue weighted by Gasteiger charge is -2.24. The molecule has 1 N–H and O–H groups in total. The van der Waals surface area contributed by atoms with E-state index in [2.05, 4.69) is 42.8 Å². The third kappa shape index (κ3) is 1.90. The van der Waals surface area contributed by atoms with Crippen molar-refractivity contribution in [3.8, 4) is 0 Å². The largest absolute Gasteiger partial charge is 0.354 e. The number of halogens is 1. The van der Waals surface area contributed by atoms with Crippen LogP contribution in [0.5, 0.6) is 0 Å². The summed E-state index contributed by atoms with van der Waals surface area (Å²) in [5, 5.41) is 3.61. The van der Waals surface area contributed by atoms with E-state index in [9.17, 15) is 0 Å². The van der Waals surface area contributed by atoms with Gasteiger partial charge in [-0.3, -0.25) is 0 Å². The number of nitrogens with one attached hydrogen (secondary N) is 1. The van der Waals surface area contributed by atoms with E-state index in [4.69, 9.17) is 0 Å². The molecule has 0 bridgehead atoms. The second kappa shape index (κ2) is 4.44. The van der Waals surface area contributed by atoms with Crippen LogP contribution in [0.3, 0.4) is 0 Å². The zero-order chi connectivity index (χ0) is 11.0. The molecule has 86 valence electrons. The zero-order valence-corrected chi connectivity index (χ0v) is 11.2. The summed E-state index contributed by atoms with van der Waals surface area (Å²) >= 11 is 2.32. The van der Waals surface area contributed by atoms with E-state index in [0.29, 0.717) is 6.04 Å². The van der Waals surface area contributed by atoms with Gasteiger partial charge in [-0.25, -0.2) is 9.97 Å². The quantitative estimate of drug-likeness (QED) is 0.788. The van der Waals surface area contributed by atoms with Gasteiger partial charge in [0.25, 0.3) is 0 Å². The van der Waals surface area contributed by atoms with Crippen LogP contribution < -0.4 is 10.2 Å². The van der Waals surface area contributed by atoms with E-state index in [1.54, 1.807) is 6.33 Å². The van der Waals surface area contributed by atoms with Crippen LogP contribution in [0, 0.1) is 9.49 Å². The van der Waals surface area contributed by atoms with Crippen molar-refractivity contribution in [2.24, 2.45) is 5.92 Å². The standard InChI is InChI=1S/C11H15IN4/c12-9-4-13-7-15-11(9)16-5-8-2-1-3-14-10(8)6-16/h4,7-8,10,14H,1-3,5-6H2. The van der Waals surface area contributed by atoms with Gasteiger partial charge in [0.2, 0.25) is 0 Å². The van der Waals surface area contributed by atoms with Crippen LogP contribution in [0.4, 0.5) is 5.82 Å². The topological polar surface area (TPSA) is 41.1 Å². The van der Waals surface area contributed by atoms with E-state index >= 15 is 0 Å². The van der Waals surface area contributed by atoms with Gasteiger partial charge >= 0.3 is 0 Å². The monoisotopic (exact) mass is 330 g/mol. The fourth-order valence-electron chi connectivity index (χ4n) is 2.76. The highest BCUT2D eigenvalue weighted by Gasteiger charge is 2.35. The second-order valence-electron chi connectivity index (χ2n) is 4.56. The number of rotatable bonds is 1. The normalized spacial score (nSPS) is 29.2. The lowest BCUT2D eigenvalue weighted by molar-refractivity contribution is 0.340. The van der Waals surface area contributed by atoms with Gasteiger partial charge in [-0.2, -0.15) is 0 Å². The van der Waals surface area contributed by atoms with E-state index in [1.807, 2.05) is 6.20 Å². The Balaban J connectivity index is 1.80. The molecule has 2 atom stereocenters. The smallest absolute Gasteiger partial charge is 0.145 e. The number of piperidine rings is 1. The average molecular weight is 330 g/mol. The molecular formula is C11H15IN4. The van der Waals surface area contributed by atoms with Crippen LogP contribution in [-0.2, 0) is 0 Å². The first-order valence-corrected chi connectivity index (χ1v) is 6.86. The summed E-state index contributed by atoms with van der Waals surface area (Å²) in [6.45, 7) is 3.41. The van der Waals surface area contributed by atoms with Crippen molar-refractivity contribution in [2.75, 3.05) is 24.5 Å². The number of anilines is 1. The van der Waals surface area contributed by atoms with Crippen molar-refractivity contribution >= 4 is 28.4 Å². The Bertz CT molecular complexity index is 370. The first kappa shape index (κ1) is 10.7. The number of nitrogens with zero attached hydrogens (tertiary/aromatic N) is 3. The van der Waals surface area contributed by atoms with Gasteiger partial charge in [-0.05, 0) is 47.9 Å². The molecule has 1 aromatic heterocycles. The third-order valence-corrected chi connectivity index (χ3v) is 4.31. The molecule has 2 unspecified atom stereocenters. The number of fused-ring (bicyclic) bond motifs is 1. The molecule has 3 heterocycles. The summed E-state index contributed by atoms with van der Waals surface area (Å²) in [4.78, 5) is 10.8. The molecule has 0 aromatic carbocycles. The van der Waals surface area contributed by atoms with Gasteiger partial charge in [0.15, 0.2) is 0 Å². The minimum Gasteiger partial charge on any atom is -0.354 e. The summed E-state index contributed by atoms with van der Waals surface area (Å²) in [6.07, 6.45) is 6.21. The Kier molecular flexibility index (Phi) is 2.97. The molecule has 1 aromatic rings. The van der Waals surface area contributed by atoms with Crippen molar-refractivity contribution in [3.63, 3.8) is 0 Å². The minimum absolute atomic E-state index is 0.666. The molecule has 4 nitrogen and oxygen atoms in total. The molecule has 0 radical (unpaired) electrons. The molecule has 0 amide bonds. The van der Waals surface area contributed by atoms with Crippen LogP contribution in [-0.4, -0.2) is 35.6 Å². The molecule has 0 aliphatic carbocycles. The van der Waals surface area contributed by atoms with Crippen molar-refractivity contribution in [2.45, 2.75) is 18.9 Å². The van der Waals surface area contributed by atoms with Gasteiger partial charge in [0, 0.05) is 25.3 Å². The predicted molar refractivity (Wildman–Crippen MR) is 71.5 cm³/mol. The molecule has 2 fully saturated rings. The Morgan fingerprint density at radius 1 is 1.44 bits per heavy atom. The molecular weight excluding hydrogens is 315 g/mol. The van der Waals surface area contributed by atoms with Crippen LogP contribution in [0.1, 0.15) is 12.8 Å². The highest BCUT2D eigenvalue weighted by atomic mass is 127. The van der Waals surface area contributed by atoms with Gasteiger partial charge in [-0.1, -0.05) is 0 Å². The van der Waals surface area contributed by atoms with Crippen molar-refractivity contribution < 1.29 is 0 Å². The summed E-state index contributed by atoms with van der Waals surface area (Å²) < 4.78 is 1.15. The highest BCUT2D eigenvalue weighted by molar-refractivity contribution is 14.1. The van der Waals surface area contributed by atoms with Gasteiger partial charge < -0.3 is 10.2 Å². The van der Waals surface area contributed by atoms with Crippen molar-refractivity contribution in [1.29, 1.82) is 0 Å². The molecule has 2 aliphatic heterocycles. The van der Waals surface area contributed by atoms with Gasteiger partial charge in [0.1, 0.15) is 12.1 Å². The zero-order valence-electron chi connectivity index (χ0n) is 9.06. The van der Waals surface area contributed by atoms with Crippen molar-refractivity contribution in [1.82, 2.24) is 15.3 Å². The van der Waals surface area contributed by atoms with Crippen LogP contribution >= 0.6 is 22.6 Å². The fourth-order valence-corrected chi connectivity index (χ4v) is 3.40. The molecule has 3 rings (SSSR count). The SMILES string of the molecule is Ic1cncnc1N1CC2CCCNC2C1. The van der Waals surface area contributed by atoms with Crippen LogP contribution in [0.25, 0.3) is 0 Å². The molecule has 16 heavy (non-hydrogen) atoms. The Hall–Kier alpha value is -0.430. The molecule has 2 saturated heterocycles. The number of hydrogen-bond donors (Lipinski definition) is 1. The van der Waals surface area contributed by atoms with E-state index in [1.165, 1.54) is 19.4 Å². The first-order valence-electron chi connectivity index (χ1n) is 5.78. The molecule has 0 saturated carbocycles. The maximum absolute atomic E-state index is 4.40. The first-order chi connectivity index (χ1) is 7.84. The molecule has 5 heteroatoms. The maximum atomic E-state index is 4.40. The second-order valence-corrected chi connectivity index (χ2v) is 5.72. The van der Waals surface area contributed by atoms with Crippen LogP contribution in [0.15, 0.2) is 12.5 Å². The molecule has 2 aliphatic rings. The summed E-state index contributed by atoms with van der Waals surface area (Å²) in [5.41, 5.74) is 0. The number of aromatic nitrogens is 2. The lowest BCUT2D eigenvalue weighted by atomic mass is 9.94. The van der Waals surface area contributed by atoms with Gasteiger partial charge in [0.05, 0.1) is 3.57 Å². The Labute approximate surface area is 109 Å². The maximum Gasteiger partial charge on any atom is 0.145 e. The third-order valence-electron chi connectivity index (χ3n) is 3.55. The lowest BCUT2D eigenvalue weighted by Crippen LogP contribution is -2.40. The number of hydrogen-bond acceptors (Lipinski definition) is 4. The fraction of sp³-hybridized carbons (Fsp3) is 0.636. The average Bonchev–Trinajstić information content (AvgIpc) is 2.73. The van der Waals surface area contributed by atoms with Crippen molar-refractivity contribution in [3.05, 3.63) is 16.1 Å². The van der Waals surface area contributed by atoms with E-state index < -0.39 is 0 Å².